The van der Waals surface area contributed by atoms with Crippen molar-refractivity contribution < 1.29 is 4.79 Å². The molecule has 1 aliphatic carbocycles. The van der Waals surface area contributed by atoms with Gasteiger partial charge >= 0.3 is 0 Å². The number of aromatic nitrogens is 1. The molecule has 0 radical (unpaired) electrons. The Bertz CT molecular complexity index is 755. The van der Waals surface area contributed by atoms with Crippen LogP contribution in [0.2, 0.25) is 0 Å². The van der Waals surface area contributed by atoms with Crippen molar-refractivity contribution in [3.8, 4) is 0 Å². The molecule has 4 rings (SSSR count). The fourth-order valence-corrected chi connectivity index (χ4v) is 5.32. The molecule has 1 atom stereocenters. The van der Waals surface area contributed by atoms with Gasteiger partial charge in [0, 0.05) is 45.0 Å². The molecule has 3 fully saturated rings. The zero-order valence-corrected chi connectivity index (χ0v) is 17.9. The quantitative estimate of drug-likeness (QED) is 0.842. The zero-order chi connectivity index (χ0) is 20.2. The molecule has 3 aliphatic rings. The third-order valence-corrected chi connectivity index (χ3v) is 7.13. The standard InChI is InChI=1S/C23H36N4O2/c1-18-9-11-27(17-19-6-5-10-24-16-19)23(29)21(18)22(28)26-14-12-25(13-15-26)20-7-3-2-4-8-20/h9,11,19-20,24H,2-8,10,12-17H2,1H3. The highest BCUT2D eigenvalue weighted by molar-refractivity contribution is 5.95. The summed E-state index contributed by atoms with van der Waals surface area (Å²) in [5.74, 6) is 0.387. The molecule has 6 nitrogen and oxygen atoms in total. The topological polar surface area (TPSA) is 57.6 Å². The van der Waals surface area contributed by atoms with E-state index in [1.807, 2.05) is 24.1 Å². The van der Waals surface area contributed by atoms with E-state index in [2.05, 4.69) is 10.2 Å². The van der Waals surface area contributed by atoms with Gasteiger partial charge < -0.3 is 14.8 Å². The first-order valence-corrected chi connectivity index (χ1v) is 11.6. The summed E-state index contributed by atoms with van der Waals surface area (Å²) in [6.07, 6.45) is 10.8. The summed E-state index contributed by atoms with van der Waals surface area (Å²) < 4.78 is 1.76. The number of pyridine rings is 1. The fourth-order valence-electron chi connectivity index (χ4n) is 5.32. The second-order valence-electron chi connectivity index (χ2n) is 9.16. The lowest BCUT2D eigenvalue weighted by Gasteiger charge is -2.40. The Hall–Kier alpha value is -1.66. The molecule has 0 aromatic carbocycles. The molecule has 1 aromatic heterocycles. The van der Waals surface area contributed by atoms with Crippen molar-refractivity contribution in [2.75, 3.05) is 39.3 Å². The van der Waals surface area contributed by atoms with Crippen LogP contribution in [0.3, 0.4) is 0 Å². The minimum Gasteiger partial charge on any atom is -0.336 e. The number of carbonyl (C=O) groups is 1. The van der Waals surface area contributed by atoms with Crippen LogP contribution in [0.5, 0.6) is 0 Å². The van der Waals surface area contributed by atoms with Gasteiger partial charge in [-0.05, 0) is 63.2 Å². The van der Waals surface area contributed by atoms with E-state index in [0.717, 1.165) is 57.7 Å². The number of piperazine rings is 1. The zero-order valence-electron chi connectivity index (χ0n) is 17.9. The Labute approximate surface area is 174 Å². The lowest BCUT2D eigenvalue weighted by atomic mass is 9.94. The highest BCUT2D eigenvalue weighted by Gasteiger charge is 2.29. The summed E-state index contributed by atoms with van der Waals surface area (Å²) in [5, 5.41) is 3.41. The predicted octanol–water partition coefficient (Wildman–Crippen LogP) is 2.25. The van der Waals surface area contributed by atoms with Crippen molar-refractivity contribution in [1.82, 2.24) is 19.7 Å². The van der Waals surface area contributed by atoms with Crippen LogP contribution in [0, 0.1) is 12.8 Å². The fraction of sp³-hybridized carbons (Fsp3) is 0.739. The molecule has 1 unspecified atom stereocenters. The lowest BCUT2D eigenvalue weighted by molar-refractivity contribution is 0.0520. The average Bonchev–Trinajstić information content (AvgIpc) is 2.77. The predicted molar refractivity (Wildman–Crippen MR) is 115 cm³/mol. The van der Waals surface area contributed by atoms with Crippen LogP contribution in [0.4, 0.5) is 0 Å². The molecule has 2 aliphatic heterocycles. The molecule has 160 valence electrons. The molecule has 29 heavy (non-hydrogen) atoms. The first kappa shape index (κ1) is 20.6. The number of hydrogen-bond donors (Lipinski definition) is 1. The summed E-state index contributed by atoms with van der Waals surface area (Å²) in [6, 6.07) is 2.63. The van der Waals surface area contributed by atoms with Crippen LogP contribution in [0.1, 0.15) is 60.9 Å². The minimum atomic E-state index is -0.115. The molecule has 3 heterocycles. The monoisotopic (exact) mass is 400 g/mol. The lowest BCUT2D eigenvalue weighted by Crippen LogP contribution is -2.53. The van der Waals surface area contributed by atoms with E-state index in [9.17, 15) is 9.59 Å². The molecule has 1 amide bonds. The number of hydrogen-bond acceptors (Lipinski definition) is 4. The highest BCUT2D eigenvalue weighted by Crippen LogP contribution is 2.24. The molecule has 1 N–H and O–H groups in total. The van der Waals surface area contributed by atoms with Crippen LogP contribution in [-0.2, 0) is 6.54 Å². The highest BCUT2D eigenvalue weighted by atomic mass is 16.2. The van der Waals surface area contributed by atoms with Crippen molar-refractivity contribution in [1.29, 1.82) is 0 Å². The number of carbonyl (C=O) groups excluding carboxylic acids is 1. The van der Waals surface area contributed by atoms with Crippen molar-refractivity contribution in [3.63, 3.8) is 0 Å². The van der Waals surface area contributed by atoms with E-state index in [-0.39, 0.29) is 11.5 Å². The van der Waals surface area contributed by atoms with Gasteiger partial charge in [0.1, 0.15) is 5.56 Å². The Morgan fingerprint density at radius 1 is 1.07 bits per heavy atom. The summed E-state index contributed by atoms with van der Waals surface area (Å²) >= 11 is 0. The maximum absolute atomic E-state index is 13.3. The molecular weight excluding hydrogens is 364 g/mol. The Kier molecular flexibility index (Phi) is 6.70. The van der Waals surface area contributed by atoms with E-state index in [0.29, 0.717) is 24.1 Å². The summed E-state index contributed by atoms with van der Waals surface area (Å²) in [7, 11) is 0. The maximum Gasteiger partial charge on any atom is 0.263 e. The average molecular weight is 401 g/mol. The van der Waals surface area contributed by atoms with E-state index in [1.165, 1.54) is 32.1 Å². The van der Waals surface area contributed by atoms with Gasteiger partial charge in [-0.15, -0.1) is 0 Å². The van der Waals surface area contributed by atoms with E-state index >= 15 is 0 Å². The van der Waals surface area contributed by atoms with Gasteiger partial charge in [-0.25, -0.2) is 0 Å². The second kappa shape index (κ2) is 9.43. The van der Waals surface area contributed by atoms with Crippen LogP contribution >= 0.6 is 0 Å². The summed E-state index contributed by atoms with van der Waals surface area (Å²) in [6.45, 7) is 7.93. The van der Waals surface area contributed by atoms with Crippen molar-refractivity contribution in [3.05, 3.63) is 33.7 Å². The van der Waals surface area contributed by atoms with E-state index in [1.54, 1.807) is 4.57 Å². The van der Waals surface area contributed by atoms with Gasteiger partial charge in [0.25, 0.3) is 11.5 Å². The van der Waals surface area contributed by atoms with Gasteiger partial charge in [0.15, 0.2) is 0 Å². The smallest absolute Gasteiger partial charge is 0.263 e. The van der Waals surface area contributed by atoms with Gasteiger partial charge in [0.05, 0.1) is 0 Å². The number of aryl methyl sites for hydroxylation is 1. The normalized spacial score (nSPS) is 24.6. The van der Waals surface area contributed by atoms with Crippen molar-refractivity contribution in [2.24, 2.45) is 5.92 Å². The number of nitrogens with one attached hydrogen (secondary N) is 1. The second-order valence-corrected chi connectivity index (χ2v) is 9.16. The first-order chi connectivity index (χ1) is 14.1. The molecule has 0 spiro atoms. The third kappa shape index (κ3) is 4.75. The number of rotatable bonds is 4. The van der Waals surface area contributed by atoms with Crippen molar-refractivity contribution in [2.45, 2.75) is 64.5 Å². The number of nitrogens with zero attached hydrogens (tertiary/aromatic N) is 3. The van der Waals surface area contributed by atoms with Crippen LogP contribution in [0.25, 0.3) is 0 Å². The third-order valence-electron chi connectivity index (χ3n) is 7.13. The molecule has 2 saturated heterocycles. The number of amides is 1. The Balaban J connectivity index is 1.43. The van der Waals surface area contributed by atoms with Crippen molar-refractivity contribution >= 4 is 5.91 Å². The van der Waals surface area contributed by atoms with Crippen LogP contribution < -0.4 is 10.9 Å². The molecule has 0 bridgehead atoms. The Morgan fingerprint density at radius 2 is 1.83 bits per heavy atom. The molecular formula is C23H36N4O2. The Morgan fingerprint density at radius 3 is 2.52 bits per heavy atom. The van der Waals surface area contributed by atoms with Gasteiger partial charge in [-0.2, -0.15) is 0 Å². The van der Waals surface area contributed by atoms with Gasteiger partial charge in [-0.1, -0.05) is 19.3 Å². The summed E-state index contributed by atoms with van der Waals surface area (Å²) in [4.78, 5) is 30.9. The largest absolute Gasteiger partial charge is 0.336 e. The summed E-state index contributed by atoms with van der Waals surface area (Å²) in [5.41, 5.74) is 1.06. The van der Waals surface area contributed by atoms with Gasteiger partial charge in [0.2, 0.25) is 0 Å². The van der Waals surface area contributed by atoms with Crippen LogP contribution in [0.15, 0.2) is 17.1 Å². The minimum absolute atomic E-state index is 0.0769. The van der Waals surface area contributed by atoms with Gasteiger partial charge in [-0.3, -0.25) is 14.5 Å². The number of piperidine rings is 1. The maximum atomic E-state index is 13.3. The van der Waals surface area contributed by atoms with E-state index in [4.69, 9.17) is 0 Å². The SMILES string of the molecule is Cc1ccn(CC2CCCNC2)c(=O)c1C(=O)N1CCN(C2CCCCC2)CC1. The molecule has 1 aromatic rings. The van der Waals surface area contributed by atoms with E-state index < -0.39 is 0 Å². The molecule has 6 heteroatoms. The van der Waals surface area contributed by atoms with Crippen LogP contribution in [-0.4, -0.2) is 65.6 Å². The first-order valence-electron chi connectivity index (χ1n) is 11.6. The molecule has 1 saturated carbocycles.